The van der Waals surface area contributed by atoms with Crippen molar-refractivity contribution in [1.82, 2.24) is 0 Å². The lowest BCUT2D eigenvalue weighted by Crippen LogP contribution is -2.13. The Hall–Kier alpha value is 0.147. The van der Waals surface area contributed by atoms with E-state index in [0.717, 1.165) is 0 Å². The van der Waals surface area contributed by atoms with Gasteiger partial charge >= 0.3 is 0 Å². The monoisotopic (exact) mass is 146 g/mol. The van der Waals surface area contributed by atoms with Crippen LogP contribution in [0.5, 0.6) is 0 Å². The predicted molar refractivity (Wildman–Crippen MR) is 41.0 cm³/mol. The SMILES string of the molecule is C[SiH](F)C1CCCCC1. The van der Waals surface area contributed by atoms with Gasteiger partial charge in [0.05, 0.1) is 0 Å². The first-order valence-corrected chi connectivity index (χ1v) is 6.20. The Bertz CT molecular complexity index is 77.0. The Labute approximate surface area is 58.2 Å². The molecule has 0 saturated heterocycles. The Morgan fingerprint density at radius 2 is 1.78 bits per heavy atom. The molecule has 0 aliphatic heterocycles. The maximum absolute atomic E-state index is 12.7. The van der Waals surface area contributed by atoms with Gasteiger partial charge in [0, 0.05) is 0 Å². The van der Waals surface area contributed by atoms with Crippen LogP contribution >= 0.6 is 0 Å². The van der Waals surface area contributed by atoms with Crippen molar-refractivity contribution in [2.24, 2.45) is 0 Å². The van der Waals surface area contributed by atoms with E-state index in [9.17, 15) is 4.11 Å². The first-order chi connectivity index (χ1) is 4.30. The highest BCUT2D eigenvalue weighted by molar-refractivity contribution is 6.51. The van der Waals surface area contributed by atoms with Crippen LogP contribution in [0.4, 0.5) is 4.11 Å². The molecule has 2 heteroatoms. The minimum atomic E-state index is -1.75. The summed E-state index contributed by atoms with van der Waals surface area (Å²) in [6.07, 6.45) is 6.28. The summed E-state index contributed by atoms with van der Waals surface area (Å²) in [5.41, 5.74) is 0.527. The van der Waals surface area contributed by atoms with Gasteiger partial charge in [-0.3, -0.25) is 0 Å². The lowest BCUT2D eigenvalue weighted by Gasteiger charge is -2.21. The molecule has 54 valence electrons. The highest BCUT2D eigenvalue weighted by Gasteiger charge is 2.20. The van der Waals surface area contributed by atoms with Crippen LogP contribution < -0.4 is 0 Å². The van der Waals surface area contributed by atoms with Crippen molar-refractivity contribution in [2.75, 3.05) is 0 Å². The van der Waals surface area contributed by atoms with Gasteiger partial charge in [0.15, 0.2) is 0 Å². The Balaban J connectivity index is 2.23. The number of rotatable bonds is 1. The summed E-state index contributed by atoms with van der Waals surface area (Å²) in [5.74, 6) is 0. The highest BCUT2D eigenvalue weighted by Crippen LogP contribution is 2.31. The summed E-state index contributed by atoms with van der Waals surface area (Å²) in [6, 6.07) is 0. The van der Waals surface area contributed by atoms with E-state index in [1.54, 1.807) is 0 Å². The lowest BCUT2D eigenvalue weighted by molar-refractivity contribution is 0.483. The van der Waals surface area contributed by atoms with Gasteiger partial charge in [-0.2, -0.15) is 0 Å². The average Bonchev–Trinajstić information content (AvgIpc) is 1.90. The van der Waals surface area contributed by atoms with Gasteiger partial charge in [0.1, 0.15) is 0 Å². The molecule has 1 aliphatic carbocycles. The van der Waals surface area contributed by atoms with Crippen LogP contribution in [0.2, 0.25) is 12.1 Å². The van der Waals surface area contributed by atoms with Gasteiger partial charge in [-0.15, -0.1) is 0 Å². The maximum atomic E-state index is 12.7. The summed E-state index contributed by atoms with van der Waals surface area (Å²) in [6.45, 7) is 1.83. The van der Waals surface area contributed by atoms with E-state index in [1.807, 2.05) is 6.55 Å². The van der Waals surface area contributed by atoms with Gasteiger partial charge in [0.2, 0.25) is 9.13 Å². The van der Waals surface area contributed by atoms with E-state index >= 15 is 0 Å². The van der Waals surface area contributed by atoms with Crippen molar-refractivity contribution < 1.29 is 4.11 Å². The van der Waals surface area contributed by atoms with Gasteiger partial charge in [0.25, 0.3) is 0 Å². The summed E-state index contributed by atoms with van der Waals surface area (Å²) in [4.78, 5) is 0. The number of hydrogen-bond acceptors (Lipinski definition) is 0. The third-order valence-electron chi connectivity index (χ3n) is 2.30. The summed E-state index contributed by atoms with van der Waals surface area (Å²) >= 11 is 0. The van der Waals surface area contributed by atoms with Crippen molar-refractivity contribution >= 4 is 9.13 Å². The minimum absolute atomic E-state index is 0.527. The van der Waals surface area contributed by atoms with Crippen molar-refractivity contribution in [3.05, 3.63) is 0 Å². The second kappa shape index (κ2) is 3.35. The normalized spacial score (nSPS) is 26.0. The molecule has 0 aromatic carbocycles. The first-order valence-electron chi connectivity index (χ1n) is 3.95. The van der Waals surface area contributed by atoms with Crippen molar-refractivity contribution in [3.8, 4) is 0 Å². The molecule has 9 heavy (non-hydrogen) atoms. The number of hydrogen-bond donors (Lipinski definition) is 0. The molecule has 1 unspecified atom stereocenters. The van der Waals surface area contributed by atoms with E-state index < -0.39 is 9.13 Å². The first kappa shape index (κ1) is 7.26. The molecule has 1 aliphatic rings. The predicted octanol–water partition coefficient (Wildman–Crippen LogP) is 2.64. The largest absolute Gasteiger partial charge is 0.318 e. The van der Waals surface area contributed by atoms with Gasteiger partial charge in [-0.05, 0) is 12.1 Å². The Morgan fingerprint density at radius 1 is 1.22 bits per heavy atom. The average molecular weight is 146 g/mol. The van der Waals surface area contributed by atoms with Crippen LogP contribution in [0.25, 0.3) is 0 Å². The van der Waals surface area contributed by atoms with Crippen LogP contribution in [0.3, 0.4) is 0 Å². The summed E-state index contributed by atoms with van der Waals surface area (Å²) in [5, 5.41) is 0. The van der Waals surface area contributed by atoms with E-state index in [1.165, 1.54) is 32.1 Å². The Morgan fingerprint density at radius 3 is 2.11 bits per heavy atom. The molecule has 0 spiro atoms. The highest BCUT2D eigenvalue weighted by atomic mass is 28.3. The van der Waals surface area contributed by atoms with Crippen LogP contribution in [-0.4, -0.2) is 9.13 Å². The maximum Gasteiger partial charge on any atom is 0.231 e. The fourth-order valence-corrected chi connectivity index (χ4v) is 2.98. The molecular formula is C7H15FSi. The molecule has 0 aromatic heterocycles. The summed E-state index contributed by atoms with van der Waals surface area (Å²) < 4.78 is 12.7. The molecule has 1 rings (SSSR count). The molecule has 0 nitrogen and oxygen atoms in total. The fraction of sp³-hybridized carbons (Fsp3) is 1.00. The molecule has 0 bridgehead atoms. The molecule has 1 saturated carbocycles. The zero-order chi connectivity index (χ0) is 6.69. The molecule has 0 amide bonds. The van der Waals surface area contributed by atoms with Crippen molar-refractivity contribution in [3.63, 3.8) is 0 Å². The van der Waals surface area contributed by atoms with Crippen molar-refractivity contribution in [1.29, 1.82) is 0 Å². The standard InChI is InChI=1S/C7H15FSi/c1-9(8)7-5-3-2-4-6-7/h7,9H,2-6H2,1H3. The quantitative estimate of drug-likeness (QED) is 0.394. The lowest BCUT2D eigenvalue weighted by atomic mass is 10.0. The van der Waals surface area contributed by atoms with E-state index in [0.29, 0.717) is 5.54 Å². The molecule has 0 heterocycles. The van der Waals surface area contributed by atoms with Crippen LogP contribution in [-0.2, 0) is 0 Å². The zero-order valence-electron chi connectivity index (χ0n) is 6.07. The van der Waals surface area contributed by atoms with E-state index in [4.69, 9.17) is 0 Å². The topological polar surface area (TPSA) is 0 Å². The smallest absolute Gasteiger partial charge is 0.231 e. The minimum Gasteiger partial charge on any atom is -0.318 e. The summed E-state index contributed by atoms with van der Waals surface area (Å²) in [7, 11) is -1.75. The number of halogens is 1. The van der Waals surface area contributed by atoms with Crippen molar-refractivity contribution in [2.45, 2.75) is 44.2 Å². The fourth-order valence-electron chi connectivity index (χ4n) is 1.59. The molecular weight excluding hydrogens is 131 g/mol. The third-order valence-corrected chi connectivity index (χ3v) is 4.27. The van der Waals surface area contributed by atoms with Crippen LogP contribution in [0.1, 0.15) is 32.1 Å². The van der Waals surface area contributed by atoms with E-state index in [-0.39, 0.29) is 0 Å². The van der Waals surface area contributed by atoms with E-state index in [2.05, 4.69) is 0 Å². The second-order valence-electron chi connectivity index (χ2n) is 3.08. The van der Waals surface area contributed by atoms with Crippen LogP contribution in [0.15, 0.2) is 0 Å². The van der Waals surface area contributed by atoms with Crippen LogP contribution in [0, 0.1) is 0 Å². The zero-order valence-corrected chi connectivity index (χ0v) is 7.22. The molecule has 1 fully saturated rings. The molecule has 0 N–H and O–H groups in total. The van der Waals surface area contributed by atoms with Gasteiger partial charge in [-0.25, -0.2) is 0 Å². The van der Waals surface area contributed by atoms with Gasteiger partial charge in [-0.1, -0.05) is 32.1 Å². The molecule has 0 radical (unpaired) electrons. The van der Waals surface area contributed by atoms with Gasteiger partial charge < -0.3 is 4.11 Å². The third kappa shape index (κ3) is 2.09. The Kier molecular flexibility index (Phi) is 2.70. The molecule has 0 aromatic rings. The molecule has 1 atom stereocenters. The second-order valence-corrected chi connectivity index (χ2v) is 5.37.